The molecule has 1 nitrogen and oxygen atoms in total. The van der Waals surface area contributed by atoms with Gasteiger partial charge >= 0.3 is 0 Å². The molecule has 3 rings (SSSR count). The van der Waals surface area contributed by atoms with Crippen LogP contribution in [0.15, 0.2) is 42.6 Å². The van der Waals surface area contributed by atoms with Crippen LogP contribution >= 0.6 is 0 Å². The number of nitrogens with zero attached hydrogens (tertiary/aromatic N) is 1. The second-order valence-electron chi connectivity index (χ2n) is 7.70. The van der Waals surface area contributed by atoms with E-state index in [0.29, 0.717) is 11.8 Å². The van der Waals surface area contributed by atoms with Crippen molar-refractivity contribution in [3.63, 3.8) is 0 Å². The maximum atomic E-state index is 4.75. The Labute approximate surface area is 152 Å². The molecular weight excluding hydrogens is 302 g/mol. The Balaban J connectivity index is 2.30. The van der Waals surface area contributed by atoms with Crippen LogP contribution in [0.2, 0.25) is 0 Å². The summed E-state index contributed by atoms with van der Waals surface area (Å²) in [5.41, 5.74) is 7.84. The van der Waals surface area contributed by atoms with Crippen molar-refractivity contribution in [2.75, 3.05) is 0 Å². The fourth-order valence-electron chi connectivity index (χ4n) is 3.74. The van der Waals surface area contributed by atoms with E-state index in [1.165, 1.54) is 45.0 Å². The molecule has 1 atom stereocenters. The monoisotopic (exact) mass is 331 g/mol. The van der Waals surface area contributed by atoms with Gasteiger partial charge in [0.25, 0.3) is 0 Å². The Bertz CT molecular complexity index is 885. The lowest BCUT2D eigenvalue weighted by Gasteiger charge is -2.20. The van der Waals surface area contributed by atoms with Gasteiger partial charge in [0.1, 0.15) is 0 Å². The van der Waals surface area contributed by atoms with E-state index in [9.17, 15) is 0 Å². The van der Waals surface area contributed by atoms with Crippen LogP contribution in [-0.2, 0) is 0 Å². The number of pyridine rings is 1. The first-order valence-corrected chi connectivity index (χ1v) is 9.42. The third-order valence-electron chi connectivity index (χ3n) is 5.23. The SMILES string of the molecule is CCC(C)c1cc2ccnc(-c3cc(C)cc(C)c3)c2cc1C(C)C. The van der Waals surface area contributed by atoms with Gasteiger partial charge < -0.3 is 0 Å². The van der Waals surface area contributed by atoms with Crippen LogP contribution < -0.4 is 0 Å². The fraction of sp³-hybridized carbons (Fsp3) is 0.375. The number of aryl methyl sites for hydroxylation is 2. The highest BCUT2D eigenvalue weighted by molar-refractivity contribution is 5.95. The summed E-state index contributed by atoms with van der Waals surface area (Å²) >= 11 is 0. The summed E-state index contributed by atoms with van der Waals surface area (Å²) in [7, 11) is 0. The first-order valence-electron chi connectivity index (χ1n) is 9.42. The van der Waals surface area contributed by atoms with Crippen molar-refractivity contribution < 1.29 is 0 Å². The number of benzene rings is 2. The largest absolute Gasteiger partial charge is 0.256 e. The molecule has 0 N–H and O–H groups in total. The lowest BCUT2D eigenvalue weighted by Crippen LogP contribution is -2.01. The highest BCUT2D eigenvalue weighted by Gasteiger charge is 2.15. The molecule has 0 fully saturated rings. The molecule has 0 saturated carbocycles. The van der Waals surface area contributed by atoms with Crippen LogP contribution in [0, 0.1) is 13.8 Å². The van der Waals surface area contributed by atoms with Gasteiger partial charge in [-0.15, -0.1) is 0 Å². The average Bonchev–Trinajstić information content (AvgIpc) is 2.58. The normalized spacial score (nSPS) is 12.8. The molecule has 0 amide bonds. The maximum absolute atomic E-state index is 4.75. The molecule has 1 heteroatoms. The third-order valence-corrected chi connectivity index (χ3v) is 5.23. The minimum Gasteiger partial charge on any atom is -0.256 e. The van der Waals surface area contributed by atoms with E-state index in [2.05, 4.69) is 77.9 Å². The van der Waals surface area contributed by atoms with Gasteiger partial charge in [-0.2, -0.15) is 0 Å². The summed E-state index contributed by atoms with van der Waals surface area (Å²) in [5.74, 6) is 1.10. The van der Waals surface area contributed by atoms with Crippen LogP contribution in [0.1, 0.15) is 68.2 Å². The average molecular weight is 332 g/mol. The molecule has 0 bridgehead atoms. The molecule has 3 aromatic rings. The minimum absolute atomic E-state index is 0.515. The summed E-state index contributed by atoms with van der Waals surface area (Å²) in [6.45, 7) is 13.5. The van der Waals surface area contributed by atoms with Crippen LogP contribution in [0.3, 0.4) is 0 Å². The molecule has 0 spiro atoms. The zero-order valence-corrected chi connectivity index (χ0v) is 16.4. The topological polar surface area (TPSA) is 12.9 Å². The molecule has 0 aliphatic carbocycles. The standard InChI is InChI=1S/C24H29N/c1-7-18(6)22-13-19-8-9-25-24(23(19)14-21(22)15(2)3)20-11-16(4)10-17(5)12-20/h8-15,18H,7H2,1-6H3. The molecule has 1 aromatic heterocycles. The Morgan fingerprint density at radius 3 is 2.16 bits per heavy atom. The first-order chi connectivity index (χ1) is 11.9. The number of aromatic nitrogens is 1. The van der Waals surface area contributed by atoms with Gasteiger partial charge in [0.15, 0.2) is 0 Å². The summed E-state index contributed by atoms with van der Waals surface area (Å²) in [6, 6.07) is 13.6. The maximum Gasteiger partial charge on any atom is 0.0780 e. The van der Waals surface area contributed by atoms with Crippen LogP contribution in [-0.4, -0.2) is 4.98 Å². The second-order valence-corrected chi connectivity index (χ2v) is 7.70. The van der Waals surface area contributed by atoms with Gasteiger partial charge in [0, 0.05) is 17.1 Å². The number of hydrogen-bond donors (Lipinski definition) is 0. The molecular formula is C24H29N. The molecule has 1 heterocycles. The molecule has 2 aromatic carbocycles. The summed E-state index contributed by atoms with van der Waals surface area (Å²) in [6.07, 6.45) is 3.12. The van der Waals surface area contributed by atoms with Crippen molar-refractivity contribution >= 4 is 10.8 Å². The van der Waals surface area contributed by atoms with Crippen LogP contribution in [0.25, 0.3) is 22.0 Å². The molecule has 0 aliphatic rings. The summed E-state index contributed by atoms with van der Waals surface area (Å²) in [4.78, 5) is 4.75. The lowest BCUT2D eigenvalue weighted by atomic mass is 9.85. The van der Waals surface area contributed by atoms with Gasteiger partial charge in [0.05, 0.1) is 5.69 Å². The molecule has 0 aliphatic heterocycles. The molecule has 25 heavy (non-hydrogen) atoms. The van der Waals surface area contributed by atoms with E-state index < -0.39 is 0 Å². The van der Waals surface area contributed by atoms with Crippen molar-refractivity contribution in [1.29, 1.82) is 0 Å². The number of fused-ring (bicyclic) bond motifs is 1. The van der Waals surface area contributed by atoms with Crippen molar-refractivity contribution in [3.05, 3.63) is 64.8 Å². The Hall–Kier alpha value is -2.15. The number of rotatable bonds is 4. The van der Waals surface area contributed by atoms with Gasteiger partial charge in [-0.25, -0.2) is 0 Å². The molecule has 130 valence electrons. The zero-order chi connectivity index (χ0) is 18.1. The van der Waals surface area contributed by atoms with Crippen molar-refractivity contribution in [2.24, 2.45) is 0 Å². The predicted molar refractivity (Wildman–Crippen MR) is 109 cm³/mol. The van der Waals surface area contributed by atoms with Gasteiger partial charge in [0.2, 0.25) is 0 Å². The molecule has 0 radical (unpaired) electrons. The van der Waals surface area contributed by atoms with Gasteiger partial charge in [-0.3, -0.25) is 4.98 Å². The van der Waals surface area contributed by atoms with E-state index in [1.807, 2.05) is 6.20 Å². The summed E-state index contributed by atoms with van der Waals surface area (Å²) in [5, 5.41) is 2.56. The Morgan fingerprint density at radius 2 is 1.56 bits per heavy atom. The van der Waals surface area contributed by atoms with Gasteiger partial charge in [-0.05, 0) is 72.9 Å². The summed E-state index contributed by atoms with van der Waals surface area (Å²) < 4.78 is 0. The minimum atomic E-state index is 0.515. The Kier molecular flexibility index (Phi) is 4.94. The van der Waals surface area contributed by atoms with Crippen LogP contribution in [0.4, 0.5) is 0 Å². The highest BCUT2D eigenvalue weighted by atomic mass is 14.7. The molecule has 1 unspecified atom stereocenters. The van der Waals surface area contributed by atoms with Crippen LogP contribution in [0.5, 0.6) is 0 Å². The lowest BCUT2D eigenvalue weighted by molar-refractivity contribution is 0.709. The molecule has 0 saturated heterocycles. The van der Waals surface area contributed by atoms with Gasteiger partial charge in [-0.1, -0.05) is 51.0 Å². The van der Waals surface area contributed by atoms with Crippen molar-refractivity contribution in [1.82, 2.24) is 4.98 Å². The van der Waals surface area contributed by atoms with E-state index in [1.54, 1.807) is 0 Å². The van der Waals surface area contributed by atoms with E-state index in [-0.39, 0.29) is 0 Å². The quantitative estimate of drug-likeness (QED) is 0.494. The predicted octanol–water partition coefficient (Wildman–Crippen LogP) is 7.16. The number of hydrogen-bond acceptors (Lipinski definition) is 1. The smallest absolute Gasteiger partial charge is 0.0780 e. The highest BCUT2D eigenvalue weighted by Crippen LogP contribution is 2.35. The fourth-order valence-corrected chi connectivity index (χ4v) is 3.74. The Morgan fingerprint density at radius 1 is 0.880 bits per heavy atom. The van der Waals surface area contributed by atoms with E-state index >= 15 is 0 Å². The third kappa shape index (κ3) is 3.46. The van der Waals surface area contributed by atoms with Crippen molar-refractivity contribution in [3.8, 4) is 11.3 Å². The van der Waals surface area contributed by atoms with E-state index in [0.717, 1.165) is 5.69 Å². The van der Waals surface area contributed by atoms with Crippen molar-refractivity contribution in [2.45, 2.75) is 59.8 Å². The first kappa shape index (κ1) is 17.7. The van der Waals surface area contributed by atoms with E-state index in [4.69, 9.17) is 4.98 Å². The zero-order valence-electron chi connectivity index (χ0n) is 16.4. The second kappa shape index (κ2) is 7.00.